The molecule has 1 unspecified atom stereocenters. The van der Waals surface area contributed by atoms with Gasteiger partial charge >= 0.3 is 13.3 Å². The van der Waals surface area contributed by atoms with Crippen molar-refractivity contribution in [3.05, 3.63) is 54.1 Å². The molecule has 2 fully saturated rings. The Morgan fingerprint density at radius 1 is 0.848 bits per heavy atom. The van der Waals surface area contributed by atoms with Gasteiger partial charge in [0.25, 0.3) is 0 Å². The van der Waals surface area contributed by atoms with E-state index < -0.39 is 19.4 Å². The Hall–Kier alpha value is -2.23. The van der Waals surface area contributed by atoms with Crippen molar-refractivity contribution >= 4 is 24.0 Å². The zero-order chi connectivity index (χ0) is 24.0. The Labute approximate surface area is 193 Å². The minimum Gasteiger partial charge on any atom is -0.399 e. The van der Waals surface area contributed by atoms with E-state index in [9.17, 15) is 18.3 Å². The number of aliphatic hydroxyl groups excluding tert-OH is 1. The van der Waals surface area contributed by atoms with Crippen LogP contribution in [0.5, 0.6) is 0 Å². The summed E-state index contributed by atoms with van der Waals surface area (Å²) in [5.74, 6) is 0. The van der Waals surface area contributed by atoms with Gasteiger partial charge in [0.05, 0.1) is 11.2 Å². The van der Waals surface area contributed by atoms with Gasteiger partial charge in [0.1, 0.15) is 0 Å². The first-order valence-electron chi connectivity index (χ1n) is 11.2. The first-order chi connectivity index (χ1) is 15.4. The molecule has 2 heterocycles. The summed E-state index contributed by atoms with van der Waals surface area (Å²) in [7, 11) is -0.403. The minimum atomic E-state index is -4.68. The van der Waals surface area contributed by atoms with Crippen LogP contribution in [0.3, 0.4) is 0 Å². The highest BCUT2D eigenvalue weighted by molar-refractivity contribution is 6.62. The number of aliphatic hydroxyl groups is 1. The van der Waals surface area contributed by atoms with Crippen LogP contribution >= 0.6 is 0 Å². The number of anilines is 2. The van der Waals surface area contributed by atoms with E-state index in [-0.39, 0.29) is 16.8 Å². The number of rotatable bonds is 4. The lowest BCUT2D eigenvalue weighted by Crippen LogP contribution is -2.46. The fourth-order valence-corrected chi connectivity index (χ4v) is 4.12. The molecular weight excluding hydrogens is 432 g/mol. The highest BCUT2D eigenvalue weighted by Gasteiger charge is 2.51. The second kappa shape index (κ2) is 8.53. The van der Waals surface area contributed by atoms with Crippen LogP contribution < -0.4 is 15.3 Å². The molecule has 0 bridgehead atoms. The molecule has 33 heavy (non-hydrogen) atoms. The average Bonchev–Trinajstić information content (AvgIpc) is 3.00. The number of alkyl halides is 3. The molecule has 2 aromatic rings. The van der Waals surface area contributed by atoms with Crippen molar-refractivity contribution in [1.82, 2.24) is 0 Å². The third kappa shape index (κ3) is 4.86. The lowest BCUT2D eigenvalue weighted by Gasteiger charge is -2.37. The molecule has 5 nitrogen and oxygen atoms in total. The maximum Gasteiger partial charge on any atom is 0.494 e. The largest absolute Gasteiger partial charge is 0.494 e. The molecule has 0 radical (unpaired) electrons. The highest BCUT2D eigenvalue weighted by Crippen LogP contribution is 2.37. The topological polar surface area (TPSA) is 45.2 Å². The molecule has 0 aliphatic carbocycles. The summed E-state index contributed by atoms with van der Waals surface area (Å²) in [6, 6.07) is 14.2. The van der Waals surface area contributed by atoms with Crippen molar-refractivity contribution in [2.45, 2.75) is 51.2 Å². The summed E-state index contributed by atoms with van der Waals surface area (Å²) in [5, 5.41) is 9.56. The molecule has 178 valence electrons. The van der Waals surface area contributed by atoms with Crippen molar-refractivity contribution in [2.24, 2.45) is 0 Å². The van der Waals surface area contributed by atoms with Gasteiger partial charge in [-0.3, -0.25) is 0 Å². The SMILES string of the molecule is CC1(C)OB(c2ccc(N3CCN(c4cccc(C(O)C(F)(F)F)c4)CC3)cc2)OC1(C)C. The van der Waals surface area contributed by atoms with Crippen LogP contribution in [0.1, 0.15) is 39.4 Å². The summed E-state index contributed by atoms with van der Waals surface area (Å²) in [6.45, 7) is 10.9. The highest BCUT2D eigenvalue weighted by atomic mass is 19.4. The van der Waals surface area contributed by atoms with Crippen LogP contribution in [0, 0.1) is 0 Å². The monoisotopic (exact) mass is 462 g/mol. The van der Waals surface area contributed by atoms with Crippen molar-refractivity contribution in [3.63, 3.8) is 0 Å². The van der Waals surface area contributed by atoms with Crippen molar-refractivity contribution in [3.8, 4) is 0 Å². The van der Waals surface area contributed by atoms with E-state index >= 15 is 0 Å². The molecule has 0 spiro atoms. The van der Waals surface area contributed by atoms with Crippen LogP contribution in [-0.4, -0.2) is 55.8 Å². The van der Waals surface area contributed by atoms with Crippen LogP contribution in [0.4, 0.5) is 24.5 Å². The van der Waals surface area contributed by atoms with Gasteiger partial charge in [-0.1, -0.05) is 24.3 Å². The molecule has 0 saturated carbocycles. The Morgan fingerprint density at radius 2 is 1.36 bits per heavy atom. The smallest absolute Gasteiger partial charge is 0.399 e. The molecule has 1 N–H and O–H groups in total. The van der Waals surface area contributed by atoms with Gasteiger partial charge in [-0.2, -0.15) is 13.2 Å². The number of hydrogen-bond acceptors (Lipinski definition) is 5. The van der Waals surface area contributed by atoms with Crippen LogP contribution in [-0.2, 0) is 9.31 Å². The first-order valence-corrected chi connectivity index (χ1v) is 11.2. The standard InChI is InChI=1S/C24H30BF3N2O3/c1-22(2)23(3,4)33-25(32-22)18-8-10-19(11-9-18)29-12-14-30(15-13-29)20-7-5-6-17(16-20)21(31)24(26,27)28/h5-11,16,21,31H,12-15H2,1-4H3. The normalized spacial score (nSPS) is 21.4. The molecule has 0 aromatic heterocycles. The molecule has 2 aromatic carbocycles. The van der Waals surface area contributed by atoms with E-state index in [0.29, 0.717) is 18.8 Å². The molecule has 4 rings (SSSR count). The van der Waals surface area contributed by atoms with Crippen LogP contribution in [0.15, 0.2) is 48.5 Å². The maximum absolute atomic E-state index is 12.9. The van der Waals surface area contributed by atoms with Gasteiger partial charge in [-0.05, 0) is 63.0 Å². The lowest BCUT2D eigenvalue weighted by molar-refractivity contribution is -0.206. The van der Waals surface area contributed by atoms with Gasteiger partial charge < -0.3 is 24.2 Å². The fraction of sp³-hybridized carbons (Fsp3) is 0.500. The zero-order valence-corrected chi connectivity index (χ0v) is 19.4. The fourth-order valence-electron chi connectivity index (χ4n) is 4.12. The van der Waals surface area contributed by atoms with E-state index in [2.05, 4.69) is 17.0 Å². The van der Waals surface area contributed by atoms with E-state index in [4.69, 9.17) is 9.31 Å². The van der Waals surface area contributed by atoms with E-state index in [1.165, 1.54) is 12.1 Å². The Balaban J connectivity index is 1.38. The Morgan fingerprint density at radius 3 is 1.88 bits per heavy atom. The zero-order valence-electron chi connectivity index (χ0n) is 19.4. The third-order valence-electron chi connectivity index (χ3n) is 6.92. The van der Waals surface area contributed by atoms with E-state index in [1.807, 2.05) is 44.7 Å². The van der Waals surface area contributed by atoms with E-state index in [1.54, 1.807) is 12.1 Å². The molecule has 0 amide bonds. The average molecular weight is 462 g/mol. The first kappa shape index (κ1) is 23.9. The summed E-state index contributed by atoms with van der Waals surface area (Å²) in [6.07, 6.45) is -7.15. The molecule has 9 heteroatoms. The summed E-state index contributed by atoms with van der Waals surface area (Å²) in [5.41, 5.74) is 1.82. The van der Waals surface area contributed by atoms with Gasteiger partial charge in [-0.25, -0.2) is 0 Å². The molecular formula is C24H30BF3N2O3. The molecule has 1 atom stereocenters. The van der Waals surface area contributed by atoms with E-state index in [0.717, 1.165) is 24.2 Å². The number of nitrogens with zero attached hydrogens (tertiary/aromatic N) is 2. The van der Waals surface area contributed by atoms with Crippen LogP contribution in [0.25, 0.3) is 0 Å². The predicted octanol–water partition coefficient (Wildman–Crippen LogP) is 3.91. The Kier molecular flexibility index (Phi) is 6.18. The number of hydrogen-bond donors (Lipinski definition) is 1. The second-order valence-electron chi connectivity index (χ2n) is 9.69. The van der Waals surface area contributed by atoms with Crippen molar-refractivity contribution in [1.29, 1.82) is 0 Å². The summed E-state index contributed by atoms with van der Waals surface area (Å²) in [4.78, 5) is 4.29. The molecule has 2 saturated heterocycles. The van der Waals surface area contributed by atoms with Crippen molar-refractivity contribution in [2.75, 3.05) is 36.0 Å². The van der Waals surface area contributed by atoms with Gasteiger partial charge in [0, 0.05) is 37.6 Å². The minimum absolute atomic E-state index is 0.138. The molecule has 2 aliphatic rings. The maximum atomic E-state index is 12.9. The third-order valence-corrected chi connectivity index (χ3v) is 6.92. The predicted molar refractivity (Wildman–Crippen MR) is 124 cm³/mol. The van der Waals surface area contributed by atoms with Crippen molar-refractivity contribution < 1.29 is 27.6 Å². The van der Waals surface area contributed by atoms with Gasteiger partial charge in [0.15, 0.2) is 6.10 Å². The lowest BCUT2D eigenvalue weighted by atomic mass is 9.79. The molecule has 2 aliphatic heterocycles. The number of halogens is 3. The quantitative estimate of drug-likeness (QED) is 0.699. The Bertz CT molecular complexity index is 958. The second-order valence-corrected chi connectivity index (χ2v) is 9.69. The van der Waals surface area contributed by atoms with Crippen LogP contribution in [0.2, 0.25) is 0 Å². The van der Waals surface area contributed by atoms with Gasteiger partial charge in [0.2, 0.25) is 0 Å². The van der Waals surface area contributed by atoms with Gasteiger partial charge in [-0.15, -0.1) is 0 Å². The number of piperazine rings is 1. The summed E-state index contributed by atoms with van der Waals surface area (Å²) < 4.78 is 50.8. The number of benzene rings is 2. The summed E-state index contributed by atoms with van der Waals surface area (Å²) >= 11 is 0.